The van der Waals surface area contributed by atoms with E-state index in [9.17, 15) is 14.4 Å². The van der Waals surface area contributed by atoms with Gasteiger partial charge in [-0.2, -0.15) is 0 Å². The molecule has 0 spiro atoms. The molecule has 6 nitrogen and oxygen atoms in total. The zero-order valence-corrected chi connectivity index (χ0v) is 18.2. The first-order chi connectivity index (χ1) is 15.4. The number of aryl methyl sites for hydroxylation is 2. The highest BCUT2D eigenvalue weighted by atomic mass is 16.2. The molecule has 0 radical (unpaired) electrons. The molecular weight excluding hydrogens is 402 g/mol. The molecule has 0 saturated carbocycles. The lowest BCUT2D eigenvalue weighted by molar-refractivity contribution is -0.125. The zero-order valence-electron chi connectivity index (χ0n) is 18.2. The number of anilines is 1. The van der Waals surface area contributed by atoms with E-state index in [4.69, 9.17) is 0 Å². The summed E-state index contributed by atoms with van der Waals surface area (Å²) in [7, 11) is 0. The van der Waals surface area contributed by atoms with Crippen molar-refractivity contribution in [2.75, 3.05) is 11.9 Å². The Morgan fingerprint density at radius 2 is 1.38 bits per heavy atom. The molecule has 3 amide bonds. The van der Waals surface area contributed by atoms with Crippen LogP contribution in [0, 0.1) is 13.8 Å². The predicted octanol–water partition coefficient (Wildman–Crippen LogP) is 3.40. The molecular formula is C26H27N3O3. The second kappa shape index (κ2) is 10.9. The van der Waals surface area contributed by atoms with Gasteiger partial charge in [0, 0.05) is 17.7 Å². The van der Waals surface area contributed by atoms with E-state index in [0.29, 0.717) is 12.0 Å². The maximum Gasteiger partial charge on any atom is 0.251 e. The summed E-state index contributed by atoms with van der Waals surface area (Å²) >= 11 is 0. The molecule has 0 fully saturated rings. The number of hydrogen-bond acceptors (Lipinski definition) is 3. The van der Waals surface area contributed by atoms with E-state index in [1.807, 2.05) is 68.4 Å². The molecule has 3 aromatic rings. The average Bonchev–Trinajstić information content (AvgIpc) is 2.80. The van der Waals surface area contributed by atoms with Gasteiger partial charge in [0.05, 0.1) is 6.54 Å². The van der Waals surface area contributed by atoms with Crippen LogP contribution in [0.5, 0.6) is 0 Å². The van der Waals surface area contributed by atoms with E-state index in [1.165, 1.54) is 0 Å². The highest BCUT2D eigenvalue weighted by molar-refractivity contribution is 5.99. The maximum atomic E-state index is 12.9. The van der Waals surface area contributed by atoms with Crippen molar-refractivity contribution in [2.45, 2.75) is 26.3 Å². The minimum absolute atomic E-state index is 0.195. The quantitative estimate of drug-likeness (QED) is 0.513. The van der Waals surface area contributed by atoms with Crippen LogP contribution < -0.4 is 16.0 Å². The number of rotatable bonds is 8. The van der Waals surface area contributed by atoms with Crippen LogP contribution in [0.4, 0.5) is 5.69 Å². The van der Waals surface area contributed by atoms with E-state index in [-0.39, 0.29) is 18.4 Å². The van der Waals surface area contributed by atoms with Crippen LogP contribution in [-0.4, -0.2) is 30.3 Å². The van der Waals surface area contributed by atoms with Gasteiger partial charge in [-0.15, -0.1) is 0 Å². The lowest BCUT2D eigenvalue weighted by Gasteiger charge is -2.19. The molecule has 3 aromatic carbocycles. The number of nitrogens with one attached hydrogen (secondary N) is 3. The monoisotopic (exact) mass is 429 g/mol. The van der Waals surface area contributed by atoms with E-state index >= 15 is 0 Å². The van der Waals surface area contributed by atoms with Crippen molar-refractivity contribution in [3.8, 4) is 0 Å². The molecule has 6 heteroatoms. The lowest BCUT2D eigenvalue weighted by Crippen LogP contribution is -2.49. The summed E-state index contributed by atoms with van der Waals surface area (Å²) < 4.78 is 0. The Morgan fingerprint density at radius 1 is 0.781 bits per heavy atom. The van der Waals surface area contributed by atoms with Gasteiger partial charge >= 0.3 is 0 Å². The van der Waals surface area contributed by atoms with Crippen LogP contribution in [0.15, 0.2) is 78.9 Å². The second-order valence-electron chi connectivity index (χ2n) is 7.61. The van der Waals surface area contributed by atoms with Gasteiger partial charge < -0.3 is 16.0 Å². The van der Waals surface area contributed by atoms with Crippen LogP contribution in [-0.2, 0) is 16.0 Å². The van der Waals surface area contributed by atoms with Gasteiger partial charge in [0.25, 0.3) is 5.91 Å². The first-order valence-corrected chi connectivity index (χ1v) is 10.5. The summed E-state index contributed by atoms with van der Waals surface area (Å²) in [6.45, 7) is 3.63. The SMILES string of the molecule is Cc1cccc(C)c1NC(=O)CNC(=O)[C@@H](Cc1ccccc1)NC(=O)c1ccccc1. The smallest absolute Gasteiger partial charge is 0.251 e. The summed E-state index contributed by atoms with van der Waals surface area (Å²) in [5.74, 6) is -1.10. The van der Waals surface area contributed by atoms with Crippen LogP contribution >= 0.6 is 0 Å². The van der Waals surface area contributed by atoms with Crippen LogP contribution in [0.1, 0.15) is 27.0 Å². The average molecular weight is 430 g/mol. The van der Waals surface area contributed by atoms with Gasteiger partial charge in [0.1, 0.15) is 6.04 Å². The summed E-state index contributed by atoms with van der Waals surface area (Å²) in [6, 6.07) is 23.1. The minimum atomic E-state index is -0.821. The maximum absolute atomic E-state index is 12.9. The molecule has 3 N–H and O–H groups in total. The van der Waals surface area contributed by atoms with Gasteiger partial charge in [-0.1, -0.05) is 66.7 Å². The summed E-state index contributed by atoms with van der Waals surface area (Å²) in [6.07, 6.45) is 0.309. The van der Waals surface area contributed by atoms with Crippen molar-refractivity contribution in [1.29, 1.82) is 0 Å². The molecule has 0 aliphatic carbocycles. The highest BCUT2D eigenvalue weighted by Crippen LogP contribution is 2.19. The number of carbonyl (C=O) groups is 3. The van der Waals surface area contributed by atoms with Gasteiger partial charge in [0.15, 0.2) is 0 Å². The van der Waals surface area contributed by atoms with Gasteiger partial charge in [-0.3, -0.25) is 14.4 Å². The fraction of sp³-hybridized carbons (Fsp3) is 0.192. The Hall–Kier alpha value is -3.93. The molecule has 0 heterocycles. The molecule has 0 aromatic heterocycles. The molecule has 0 unspecified atom stereocenters. The number of benzene rings is 3. The van der Waals surface area contributed by atoms with Crippen molar-refractivity contribution < 1.29 is 14.4 Å². The topological polar surface area (TPSA) is 87.3 Å². The largest absolute Gasteiger partial charge is 0.345 e. The highest BCUT2D eigenvalue weighted by Gasteiger charge is 2.22. The Balaban J connectivity index is 1.66. The lowest BCUT2D eigenvalue weighted by atomic mass is 10.0. The minimum Gasteiger partial charge on any atom is -0.345 e. The van der Waals surface area contributed by atoms with E-state index in [2.05, 4.69) is 16.0 Å². The van der Waals surface area contributed by atoms with Gasteiger partial charge in [0.2, 0.25) is 11.8 Å². The van der Waals surface area contributed by atoms with Crippen molar-refractivity contribution >= 4 is 23.4 Å². The third kappa shape index (κ3) is 6.28. The molecule has 3 rings (SSSR count). The summed E-state index contributed by atoms with van der Waals surface area (Å²) in [5, 5.41) is 8.29. The number of hydrogen-bond donors (Lipinski definition) is 3. The Labute approximate surface area is 188 Å². The predicted molar refractivity (Wildman–Crippen MR) is 125 cm³/mol. The van der Waals surface area contributed by atoms with Crippen LogP contribution in [0.25, 0.3) is 0 Å². The number of para-hydroxylation sites is 1. The molecule has 32 heavy (non-hydrogen) atoms. The number of carbonyl (C=O) groups excluding carboxylic acids is 3. The fourth-order valence-electron chi connectivity index (χ4n) is 3.38. The Morgan fingerprint density at radius 3 is 2.00 bits per heavy atom. The fourth-order valence-corrected chi connectivity index (χ4v) is 3.38. The standard InChI is InChI=1S/C26H27N3O3/c1-18-10-9-11-19(2)24(18)29-23(30)17-27-26(32)22(16-20-12-5-3-6-13-20)28-25(31)21-14-7-4-8-15-21/h3-15,22H,16-17H2,1-2H3,(H,27,32)(H,28,31)(H,29,30)/t22-/m1/s1. The van der Waals surface area contributed by atoms with Crippen molar-refractivity contribution in [1.82, 2.24) is 10.6 Å². The van der Waals surface area contributed by atoms with E-state index < -0.39 is 11.9 Å². The second-order valence-corrected chi connectivity index (χ2v) is 7.61. The molecule has 0 bridgehead atoms. The first kappa shape index (κ1) is 22.7. The van der Waals surface area contributed by atoms with Crippen LogP contribution in [0.3, 0.4) is 0 Å². The third-order valence-corrected chi connectivity index (χ3v) is 5.11. The normalized spacial score (nSPS) is 11.3. The van der Waals surface area contributed by atoms with Gasteiger partial charge in [-0.25, -0.2) is 0 Å². The molecule has 0 saturated heterocycles. The summed E-state index contributed by atoms with van der Waals surface area (Å²) in [4.78, 5) is 38.0. The number of amides is 3. The zero-order chi connectivity index (χ0) is 22.9. The van der Waals surface area contributed by atoms with E-state index in [0.717, 1.165) is 22.4 Å². The molecule has 1 atom stereocenters. The Kier molecular flexibility index (Phi) is 7.75. The molecule has 0 aliphatic rings. The Bertz CT molecular complexity index is 1060. The first-order valence-electron chi connectivity index (χ1n) is 10.5. The van der Waals surface area contributed by atoms with Crippen molar-refractivity contribution in [3.05, 3.63) is 101 Å². The van der Waals surface area contributed by atoms with Crippen molar-refractivity contribution in [3.63, 3.8) is 0 Å². The molecule has 0 aliphatic heterocycles. The van der Waals surface area contributed by atoms with Gasteiger partial charge in [-0.05, 0) is 42.7 Å². The van der Waals surface area contributed by atoms with E-state index in [1.54, 1.807) is 24.3 Å². The summed E-state index contributed by atoms with van der Waals surface area (Å²) in [5.41, 5.74) is 4.00. The molecule has 164 valence electrons. The van der Waals surface area contributed by atoms with Crippen molar-refractivity contribution in [2.24, 2.45) is 0 Å². The van der Waals surface area contributed by atoms with Crippen LogP contribution in [0.2, 0.25) is 0 Å². The third-order valence-electron chi connectivity index (χ3n) is 5.11.